The van der Waals surface area contributed by atoms with Gasteiger partial charge in [-0.2, -0.15) is 0 Å². The first-order valence-electron chi connectivity index (χ1n) is 6.01. The van der Waals surface area contributed by atoms with E-state index >= 15 is 0 Å². The standard InChI is InChI=1S/C12H19ClN2S/c13-12-7-6-11(16-12)10(8-14)15-9-4-2-1-3-5-9/h6-7,9-10,15H,1-5,8,14H2. The number of nitrogens with two attached hydrogens (primary N) is 1. The Morgan fingerprint density at radius 1 is 1.38 bits per heavy atom. The van der Waals surface area contributed by atoms with E-state index in [1.54, 1.807) is 11.3 Å². The van der Waals surface area contributed by atoms with Gasteiger partial charge in [0.2, 0.25) is 0 Å². The normalized spacial score (nSPS) is 19.9. The highest BCUT2D eigenvalue weighted by Gasteiger charge is 2.19. The Bertz CT molecular complexity index is 321. The first-order valence-corrected chi connectivity index (χ1v) is 7.20. The topological polar surface area (TPSA) is 38.0 Å². The number of halogens is 1. The molecule has 2 rings (SSSR count). The van der Waals surface area contributed by atoms with Gasteiger partial charge in [-0.3, -0.25) is 0 Å². The molecule has 1 heterocycles. The van der Waals surface area contributed by atoms with Crippen molar-refractivity contribution in [3.63, 3.8) is 0 Å². The van der Waals surface area contributed by atoms with Crippen molar-refractivity contribution in [2.75, 3.05) is 6.54 Å². The fourth-order valence-corrected chi connectivity index (χ4v) is 3.47. The first-order chi connectivity index (χ1) is 7.79. The molecular weight excluding hydrogens is 240 g/mol. The number of nitrogens with one attached hydrogen (secondary N) is 1. The van der Waals surface area contributed by atoms with Gasteiger partial charge in [-0.25, -0.2) is 0 Å². The molecule has 0 saturated heterocycles. The van der Waals surface area contributed by atoms with Crippen LogP contribution in [-0.4, -0.2) is 12.6 Å². The van der Waals surface area contributed by atoms with E-state index < -0.39 is 0 Å². The van der Waals surface area contributed by atoms with Crippen molar-refractivity contribution in [1.82, 2.24) is 5.32 Å². The van der Waals surface area contributed by atoms with Gasteiger partial charge in [0, 0.05) is 17.5 Å². The molecule has 1 atom stereocenters. The molecule has 4 heteroatoms. The van der Waals surface area contributed by atoms with Crippen molar-refractivity contribution in [3.8, 4) is 0 Å². The van der Waals surface area contributed by atoms with E-state index in [0.29, 0.717) is 12.6 Å². The predicted molar refractivity (Wildman–Crippen MR) is 71.1 cm³/mol. The minimum Gasteiger partial charge on any atom is -0.329 e. The van der Waals surface area contributed by atoms with Gasteiger partial charge in [-0.15, -0.1) is 11.3 Å². The van der Waals surface area contributed by atoms with E-state index in [-0.39, 0.29) is 6.04 Å². The van der Waals surface area contributed by atoms with Crippen molar-refractivity contribution < 1.29 is 0 Å². The molecule has 1 saturated carbocycles. The summed E-state index contributed by atoms with van der Waals surface area (Å²) >= 11 is 7.59. The average Bonchev–Trinajstić information content (AvgIpc) is 2.74. The van der Waals surface area contributed by atoms with Gasteiger partial charge >= 0.3 is 0 Å². The zero-order chi connectivity index (χ0) is 11.4. The van der Waals surface area contributed by atoms with Crippen LogP contribution < -0.4 is 11.1 Å². The molecule has 1 aliphatic rings. The van der Waals surface area contributed by atoms with Crippen LogP contribution in [0, 0.1) is 0 Å². The summed E-state index contributed by atoms with van der Waals surface area (Å²) in [5.74, 6) is 0. The van der Waals surface area contributed by atoms with E-state index in [4.69, 9.17) is 17.3 Å². The summed E-state index contributed by atoms with van der Waals surface area (Å²) in [6.07, 6.45) is 6.65. The molecular formula is C12H19ClN2S. The minimum atomic E-state index is 0.278. The first kappa shape index (κ1) is 12.4. The molecule has 0 aromatic carbocycles. The van der Waals surface area contributed by atoms with Crippen LogP contribution in [0.5, 0.6) is 0 Å². The molecule has 0 bridgehead atoms. The van der Waals surface area contributed by atoms with E-state index in [1.165, 1.54) is 37.0 Å². The van der Waals surface area contributed by atoms with Crippen molar-refractivity contribution in [2.24, 2.45) is 5.73 Å². The molecule has 1 aromatic rings. The van der Waals surface area contributed by atoms with E-state index in [0.717, 1.165) is 4.34 Å². The predicted octanol–water partition coefficient (Wildman–Crippen LogP) is 3.32. The van der Waals surface area contributed by atoms with Crippen molar-refractivity contribution in [2.45, 2.75) is 44.2 Å². The molecule has 0 spiro atoms. The van der Waals surface area contributed by atoms with Crippen molar-refractivity contribution >= 4 is 22.9 Å². The molecule has 0 aliphatic heterocycles. The van der Waals surface area contributed by atoms with Gasteiger partial charge in [-0.1, -0.05) is 30.9 Å². The second-order valence-corrected chi connectivity index (χ2v) is 6.18. The number of rotatable bonds is 4. The van der Waals surface area contributed by atoms with Crippen LogP contribution in [-0.2, 0) is 0 Å². The van der Waals surface area contributed by atoms with Gasteiger partial charge in [0.15, 0.2) is 0 Å². The van der Waals surface area contributed by atoms with Crippen LogP contribution >= 0.6 is 22.9 Å². The zero-order valence-electron chi connectivity index (χ0n) is 9.42. The van der Waals surface area contributed by atoms with E-state index in [9.17, 15) is 0 Å². The van der Waals surface area contributed by atoms with Crippen LogP contribution in [0.4, 0.5) is 0 Å². The molecule has 16 heavy (non-hydrogen) atoms. The quantitative estimate of drug-likeness (QED) is 0.870. The molecule has 90 valence electrons. The smallest absolute Gasteiger partial charge is 0.0931 e. The van der Waals surface area contributed by atoms with E-state index in [1.807, 2.05) is 6.07 Å². The third-order valence-electron chi connectivity index (χ3n) is 3.22. The Hall–Kier alpha value is -0.0900. The maximum Gasteiger partial charge on any atom is 0.0931 e. The van der Waals surface area contributed by atoms with Crippen LogP contribution in [0.25, 0.3) is 0 Å². The highest BCUT2D eigenvalue weighted by Crippen LogP contribution is 2.28. The average molecular weight is 259 g/mol. The summed E-state index contributed by atoms with van der Waals surface area (Å²) in [7, 11) is 0. The Kier molecular flexibility index (Phi) is 4.65. The van der Waals surface area contributed by atoms with Crippen LogP contribution in [0.1, 0.15) is 43.0 Å². The second-order valence-electron chi connectivity index (χ2n) is 4.43. The lowest BCUT2D eigenvalue weighted by Crippen LogP contribution is -2.37. The Balaban J connectivity index is 1.94. The number of hydrogen-bond donors (Lipinski definition) is 2. The van der Waals surface area contributed by atoms with Gasteiger partial charge in [0.05, 0.1) is 10.4 Å². The zero-order valence-corrected chi connectivity index (χ0v) is 11.0. The SMILES string of the molecule is NCC(NC1CCCCC1)c1ccc(Cl)s1. The molecule has 3 N–H and O–H groups in total. The van der Waals surface area contributed by atoms with Gasteiger partial charge in [0.25, 0.3) is 0 Å². The molecule has 0 amide bonds. The van der Waals surface area contributed by atoms with Crippen LogP contribution in [0.2, 0.25) is 4.34 Å². The molecule has 1 aromatic heterocycles. The van der Waals surface area contributed by atoms with Crippen molar-refractivity contribution in [1.29, 1.82) is 0 Å². The lowest BCUT2D eigenvalue weighted by molar-refractivity contribution is 0.342. The molecule has 1 unspecified atom stereocenters. The lowest BCUT2D eigenvalue weighted by Gasteiger charge is -2.27. The molecule has 1 aliphatic carbocycles. The number of hydrogen-bond acceptors (Lipinski definition) is 3. The molecule has 1 fully saturated rings. The summed E-state index contributed by atoms with van der Waals surface area (Å²) in [6.45, 7) is 0.646. The fraction of sp³-hybridized carbons (Fsp3) is 0.667. The summed E-state index contributed by atoms with van der Waals surface area (Å²) < 4.78 is 0.846. The second kappa shape index (κ2) is 6.01. The summed E-state index contributed by atoms with van der Waals surface area (Å²) in [5, 5.41) is 3.66. The maximum absolute atomic E-state index is 5.95. The largest absolute Gasteiger partial charge is 0.329 e. The van der Waals surface area contributed by atoms with Gasteiger partial charge < -0.3 is 11.1 Å². The highest BCUT2D eigenvalue weighted by molar-refractivity contribution is 7.16. The van der Waals surface area contributed by atoms with Gasteiger partial charge in [-0.05, 0) is 25.0 Å². The lowest BCUT2D eigenvalue weighted by atomic mass is 9.95. The van der Waals surface area contributed by atoms with Crippen LogP contribution in [0.15, 0.2) is 12.1 Å². The molecule has 2 nitrogen and oxygen atoms in total. The Morgan fingerprint density at radius 3 is 2.69 bits per heavy atom. The monoisotopic (exact) mass is 258 g/mol. The van der Waals surface area contributed by atoms with Crippen LogP contribution in [0.3, 0.4) is 0 Å². The molecule has 0 radical (unpaired) electrons. The fourth-order valence-electron chi connectivity index (χ4n) is 2.34. The van der Waals surface area contributed by atoms with E-state index in [2.05, 4.69) is 11.4 Å². The Labute approximate surface area is 106 Å². The highest BCUT2D eigenvalue weighted by atomic mass is 35.5. The Morgan fingerprint density at radius 2 is 2.12 bits per heavy atom. The number of thiophene rings is 1. The van der Waals surface area contributed by atoms with Crippen molar-refractivity contribution in [3.05, 3.63) is 21.3 Å². The van der Waals surface area contributed by atoms with Gasteiger partial charge in [0.1, 0.15) is 0 Å². The third kappa shape index (κ3) is 3.20. The summed E-state index contributed by atoms with van der Waals surface area (Å²) in [6, 6.07) is 4.96. The maximum atomic E-state index is 5.95. The summed E-state index contributed by atoms with van der Waals surface area (Å²) in [4.78, 5) is 1.26. The minimum absolute atomic E-state index is 0.278. The summed E-state index contributed by atoms with van der Waals surface area (Å²) in [5.41, 5.74) is 5.83. The third-order valence-corrected chi connectivity index (χ3v) is 4.56.